The number of nitrogens with two attached hydrogens (primary N) is 1. The molecule has 1 unspecified atom stereocenters. The van der Waals surface area contributed by atoms with E-state index >= 15 is 0 Å². The van der Waals surface area contributed by atoms with Crippen molar-refractivity contribution in [1.82, 2.24) is 0 Å². The van der Waals surface area contributed by atoms with Gasteiger partial charge in [-0.15, -0.1) is 0 Å². The van der Waals surface area contributed by atoms with E-state index in [9.17, 15) is 4.79 Å². The Morgan fingerprint density at radius 2 is 2.67 bits per heavy atom. The molecule has 1 heterocycles. The molecule has 4 heteroatoms. The van der Waals surface area contributed by atoms with Crippen molar-refractivity contribution < 1.29 is 14.8 Å². The number of rotatable bonds is 1. The predicted molar refractivity (Wildman–Crippen MR) is 35.1 cm³/mol. The summed E-state index contributed by atoms with van der Waals surface area (Å²) in [6.45, 7) is 1.03. The van der Waals surface area contributed by atoms with E-state index in [0.29, 0.717) is 0 Å². The number of esters is 1. The van der Waals surface area contributed by atoms with Gasteiger partial charge in [0.1, 0.15) is 0 Å². The van der Waals surface area contributed by atoms with Crippen LogP contribution in [-0.2, 0) is 9.53 Å². The van der Waals surface area contributed by atoms with Crippen LogP contribution in [0.1, 0.15) is 0 Å². The second kappa shape index (κ2) is 3.08. The smallest absolute Gasteiger partial charge is 0.375 e. The molecule has 1 aliphatic rings. The summed E-state index contributed by atoms with van der Waals surface area (Å²) in [5.41, 5.74) is 0. The van der Waals surface area contributed by atoms with E-state index in [4.69, 9.17) is 0 Å². The fourth-order valence-electron chi connectivity index (χ4n) is 0.763. The van der Waals surface area contributed by atoms with Gasteiger partial charge >= 0.3 is 5.97 Å². The minimum absolute atomic E-state index is 0.00926. The molecule has 0 aliphatic carbocycles. The maximum absolute atomic E-state index is 10.7. The van der Waals surface area contributed by atoms with Crippen LogP contribution in [0, 0.1) is 0 Å². The van der Waals surface area contributed by atoms with Gasteiger partial charge < -0.3 is 10.1 Å². The molecule has 9 heavy (non-hydrogen) atoms. The third-order valence-corrected chi connectivity index (χ3v) is 2.44. The van der Waals surface area contributed by atoms with Crippen molar-refractivity contribution in [2.75, 3.05) is 19.4 Å². The monoisotopic (exact) mass is 148 g/mol. The van der Waals surface area contributed by atoms with Crippen molar-refractivity contribution in [1.29, 1.82) is 0 Å². The summed E-state index contributed by atoms with van der Waals surface area (Å²) in [5.74, 6) is 0.942. The van der Waals surface area contributed by atoms with Crippen LogP contribution < -0.4 is 5.32 Å². The Morgan fingerprint density at radius 3 is 3.11 bits per heavy atom. The Balaban J connectivity index is 2.32. The molecule has 0 radical (unpaired) electrons. The minimum atomic E-state index is -0.113. The van der Waals surface area contributed by atoms with Gasteiger partial charge in [0.15, 0.2) is 0 Å². The van der Waals surface area contributed by atoms with E-state index in [1.807, 2.05) is 5.32 Å². The van der Waals surface area contributed by atoms with Crippen molar-refractivity contribution >= 4 is 17.7 Å². The van der Waals surface area contributed by atoms with Crippen LogP contribution >= 0.6 is 11.8 Å². The lowest BCUT2D eigenvalue weighted by Crippen LogP contribution is -2.88. The van der Waals surface area contributed by atoms with Crippen LogP contribution in [0.4, 0.5) is 0 Å². The zero-order valence-electron chi connectivity index (χ0n) is 5.29. The Hall–Kier alpha value is -0.220. The number of ether oxygens (including phenoxy) is 1. The van der Waals surface area contributed by atoms with E-state index in [1.54, 1.807) is 11.8 Å². The first kappa shape index (κ1) is 6.89. The molecule has 0 aromatic rings. The second-order valence-corrected chi connectivity index (χ2v) is 3.09. The fourth-order valence-corrected chi connectivity index (χ4v) is 1.79. The Bertz CT molecular complexity index is 112. The summed E-state index contributed by atoms with van der Waals surface area (Å²) in [7, 11) is 1.43. The molecule has 1 rings (SSSR count). The number of carbonyl (C=O) groups is 1. The van der Waals surface area contributed by atoms with Crippen molar-refractivity contribution in [2.24, 2.45) is 0 Å². The predicted octanol–water partition coefficient (Wildman–Crippen LogP) is -1.20. The lowest BCUT2D eigenvalue weighted by Gasteiger charge is -2.00. The third-order valence-electron chi connectivity index (χ3n) is 1.23. The van der Waals surface area contributed by atoms with Crippen molar-refractivity contribution in [2.45, 2.75) is 5.37 Å². The van der Waals surface area contributed by atoms with E-state index < -0.39 is 0 Å². The van der Waals surface area contributed by atoms with Crippen LogP contribution in [-0.4, -0.2) is 30.8 Å². The van der Waals surface area contributed by atoms with Gasteiger partial charge in [-0.1, -0.05) is 11.8 Å². The largest absolute Gasteiger partial charge is 0.464 e. The summed E-state index contributed by atoms with van der Waals surface area (Å²) < 4.78 is 4.54. The van der Waals surface area contributed by atoms with E-state index in [0.717, 1.165) is 12.3 Å². The van der Waals surface area contributed by atoms with Crippen molar-refractivity contribution in [3.05, 3.63) is 0 Å². The average Bonchev–Trinajstić information content (AvgIpc) is 2.37. The molecule has 0 aromatic heterocycles. The second-order valence-electron chi connectivity index (χ2n) is 1.84. The number of thioether (sulfide) groups is 1. The van der Waals surface area contributed by atoms with E-state index in [-0.39, 0.29) is 11.3 Å². The molecule has 3 nitrogen and oxygen atoms in total. The average molecular weight is 148 g/mol. The maximum atomic E-state index is 10.7. The highest BCUT2D eigenvalue weighted by atomic mass is 32.2. The van der Waals surface area contributed by atoms with Gasteiger partial charge in [-0.3, -0.25) is 0 Å². The van der Waals surface area contributed by atoms with Crippen LogP contribution in [0.25, 0.3) is 0 Å². The van der Waals surface area contributed by atoms with Crippen molar-refractivity contribution in [3.8, 4) is 0 Å². The molecule has 0 saturated carbocycles. The SMILES string of the molecule is COC(=O)C1[NH2+]CCS1. The standard InChI is InChI=1S/C5H9NO2S/c1-8-5(7)4-6-2-3-9-4/h4,6H,2-3H2,1H3/p+1. The Kier molecular flexibility index (Phi) is 2.36. The van der Waals surface area contributed by atoms with Crippen LogP contribution in [0.3, 0.4) is 0 Å². The van der Waals surface area contributed by atoms with Crippen LogP contribution in [0.2, 0.25) is 0 Å². The topological polar surface area (TPSA) is 42.9 Å². The van der Waals surface area contributed by atoms with Gasteiger partial charge in [0, 0.05) is 5.75 Å². The summed E-state index contributed by atoms with van der Waals surface area (Å²) in [4.78, 5) is 10.7. The van der Waals surface area contributed by atoms with Crippen LogP contribution in [0.15, 0.2) is 0 Å². The fraction of sp³-hybridized carbons (Fsp3) is 0.800. The first-order valence-corrected chi connectivity index (χ1v) is 3.92. The van der Waals surface area contributed by atoms with Gasteiger partial charge in [0.25, 0.3) is 0 Å². The highest BCUT2D eigenvalue weighted by molar-refractivity contribution is 8.00. The molecule has 0 spiro atoms. The number of hydrogen-bond acceptors (Lipinski definition) is 3. The van der Waals surface area contributed by atoms with Crippen molar-refractivity contribution in [3.63, 3.8) is 0 Å². The molecule has 1 fully saturated rings. The number of hydrogen-bond donors (Lipinski definition) is 1. The highest BCUT2D eigenvalue weighted by Gasteiger charge is 2.27. The molecular formula is C5H10NO2S+. The first-order valence-electron chi connectivity index (χ1n) is 2.87. The lowest BCUT2D eigenvalue weighted by atomic mass is 10.6. The van der Waals surface area contributed by atoms with Gasteiger partial charge in [0.05, 0.1) is 13.7 Å². The molecule has 52 valence electrons. The van der Waals surface area contributed by atoms with E-state index in [1.165, 1.54) is 7.11 Å². The number of methoxy groups -OCH3 is 1. The summed E-state index contributed by atoms with van der Waals surface area (Å²) >= 11 is 1.64. The molecule has 2 N–H and O–H groups in total. The maximum Gasteiger partial charge on any atom is 0.375 e. The minimum Gasteiger partial charge on any atom is -0.464 e. The molecule has 1 atom stereocenters. The number of carbonyl (C=O) groups excluding carboxylic acids is 1. The molecule has 0 bridgehead atoms. The zero-order valence-corrected chi connectivity index (χ0v) is 6.11. The normalized spacial score (nSPS) is 26.1. The third kappa shape index (κ3) is 1.59. The Morgan fingerprint density at radius 1 is 1.89 bits per heavy atom. The highest BCUT2D eigenvalue weighted by Crippen LogP contribution is 2.07. The molecule has 1 aliphatic heterocycles. The summed E-state index contributed by atoms with van der Waals surface area (Å²) in [6, 6.07) is 0. The van der Waals surface area contributed by atoms with Gasteiger partial charge in [-0.05, 0) is 0 Å². The quantitative estimate of drug-likeness (QED) is 0.475. The molecular weight excluding hydrogens is 138 g/mol. The summed E-state index contributed by atoms with van der Waals surface area (Å²) in [5, 5.41) is 2.01. The molecule has 0 aromatic carbocycles. The molecule has 0 amide bonds. The lowest BCUT2D eigenvalue weighted by molar-refractivity contribution is -0.647. The Labute approximate surface area is 58.1 Å². The van der Waals surface area contributed by atoms with Gasteiger partial charge in [-0.2, -0.15) is 0 Å². The summed E-state index contributed by atoms with van der Waals surface area (Å²) in [6.07, 6.45) is 0. The first-order chi connectivity index (χ1) is 4.34. The van der Waals surface area contributed by atoms with E-state index in [2.05, 4.69) is 4.74 Å². The molecule has 1 saturated heterocycles. The zero-order chi connectivity index (χ0) is 6.69. The van der Waals surface area contributed by atoms with Crippen LogP contribution in [0.5, 0.6) is 0 Å². The number of quaternary nitrogens is 1. The van der Waals surface area contributed by atoms with Gasteiger partial charge in [-0.25, -0.2) is 4.79 Å². The van der Waals surface area contributed by atoms with Gasteiger partial charge in [0.2, 0.25) is 5.37 Å².